The van der Waals surface area contributed by atoms with Gasteiger partial charge in [-0.15, -0.1) is 0 Å². The SMILES string of the molecule is COC(=O)c1cc(C(=O)N2CCCC[C@H]2C(=O)OC)cc([N+](=O)[O-])c1. The predicted molar refractivity (Wildman–Crippen MR) is 85.1 cm³/mol. The van der Waals surface area contributed by atoms with Crippen molar-refractivity contribution in [1.29, 1.82) is 0 Å². The second kappa shape index (κ2) is 7.73. The lowest BCUT2D eigenvalue weighted by Gasteiger charge is -2.33. The summed E-state index contributed by atoms with van der Waals surface area (Å²) in [7, 11) is 2.38. The molecule has 0 bridgehead atoms. The van der Waals surface area contributed by atoms with E-state index >= 15 is 0 Å². The third-order valence-electron chi connectivity index (χ3n) is 4.03. The minimum Gasteiger partial charge on any atom is -0.467 e. The van der Waals surface area contributed by atoms with Gasteiger partial charge in [0.1, 0.15) is 6.04 Å². The Morgan fingerprint density at radius 2 is 1.80 bits per heavy atom. The number of ether oxygens (including phenoxy) is 2. The van der Waals surface area contributed by atoms with Crippen LogP contribution in [0, 0.1) is 10.1 Å². The van der Waals surface area contributed by atoms with Gasteiger partial charge < -0.3 is 14.4 Å². The maximum absolute atomic E-state index is 12.8. The Morgan fingerprint density at radius 1 is 1.12 bits per heavy atom. The van der Waals surface area contributed by atoms with Crippen molar-refractivity contribution in [3.8, 4) is 0 Å². The van der Waals surface area contributed by atoms with E-state index in [1.165, 1.54) is 18.1 Å². The van der Waals surface area contributed by atoms with Gasteiger partial charge in [-0.25, -0.2) is 9.59 Å². The normalized spacial score (nSPS) is 16.9. The number of methoxy groups -OCH3 is 2. The Morgan fingerprint density at radius 3 is 2.40 bits per heavy atom. The van der Waals surface area contributed by atoms with Crippen molar-refractivity contribution in [1.82, 2.24) is 4.90 Å². The van der Waals surface area contributed by atoms with E-state index < -0.39 is 34.5 Å². The van der Waals surface area contributed by atoms with Crippen LogP contribution in [0.15, 0.2) is 18.2 Å². The zero-order chi connectivity index (χ0) is 18.6. The molecule has 1 aliphatic heterocycles. The Balaban J connectivity index is 2.42. The number of nitro benzene ring substituents is 1. The minimum atomic E-state index is -0.791. The van der Waals surface area contributed by atoms with Crippen LogP contribution in [0.1, 0.15) is 40.0 Å². The number of non-ortho nitro benzene ring substituents is 1. The van der Waals surface area contributed by atoms with Gasteiger partial charge >= 0.3 is 11.9 Å². The number of piperidine rings is 1. The molecule has 1 aromatic rings. The Bertz CT molecular complexity index is 716. The highest BCUT2D eigenvalue weighted by atomic mass is 16.6. The van der Waals surface area contributed by atoms with Crippen LogP contribution in [-0.4, -0.2) is 54.5 Å². The molecule has 1 fully saturated rings. The van der Waals surface area contributed by atoms with Gasteiger partial charge in [-0.1, -0.05) is 0 Å². The highest BCUT2D eigenvalue weighted by Gasteiger charge is 2.34. The first kappa shape index (κ1) is 18.4. The maximum atomic E-state index is 12.8. The molecule has 0 aromatic heterocycles. The minimum absolute atomic E-state index is 0.0506. The molecule has 0 radical (unpaired) electrons. The average Bonchev–Trinajstić information content (AvgIpc) is 2.65. The molecular weight excluding hydrogens is 332 g/mol. The van der Waals surface area contributed by atoms with E-state index in [0.717, 1.165) is 25.7 Å². The largest absolute Gasteiger partial charge is 0.467 e. The summed E-state index contributed by atoms with van der Waals surface area (Å²) in [6.45, 7) is 0.328. The highest BCUT2D eigenvalue weighted by molar-refractivity contribution is 6.00. The zero-order valence-corrected chi connectivity index (χ0v) is 13.9. The van der Waals surface area contributed by atoms with Crippen molar-refractivity contribution in [3.05, 3.63) is 39.4 Å². The number of amides is 1. The first-order valence-corrected chi connectivity index (χ1v) is 7.65. The van der Waals surface area contributed by atoms with Crippen molar-refractivity contribution >= 4 is 23.5 Å². The van der Waals surface area contributed by atoms with Crippen LogP contribution in [0.5, 0.6) is 0 Å². The molecule has 1 saturated heterocycles. The lowest BCUT2D eigenvalue weighted by molar-refractivity contribution is -0.384. The fraction of sp³-hybridized carbons (Fsp3) is 0.438. The molecule has 0 N–H and O–H groups in total. The molecule has 1 heterocycles. The summed E-state index contributed by atoms with van der Waals surface area (Å²) in [6, 6.07) is 2.60. The van der Waals surface area contributed by atoms with Crippen LogP contribution in [0.25, 0.3) is 0 Å². The summed E-state index contributed by atoms with van der Waals surface area (Å²) in [4.78, 5) is 48.2. The number of carbonyl (C=O) groups excluding carboxylic acids is 3. The first-order valence-electron chi connectivity index (χ1n) is 7.65. The Labute approximate surface area is 143 Å². The van der Waals surface area contributed by atoms with Gasteiger partial charge in [0.2, 0.25) is 0 Å². The van der Waals surface area contributed by atoms with E-state index in [4.69, 9.17) is 4.74 Å². The van der Waals surface area contributed by atoms with E-state index in [9.17, 15) is 24.5 Å². The smallest absolute Gasteiger partial charge is 0.338 e. The number of esters is 2. The standard InChI is InChI=1S/C16H18N2O7/c1-24-15(20)11-7-10(8-12(9-11)18(22)23)14(19)17-6-4-3-5-13(17)16(21)25-2/h7-9,13H,3-6H2,1-2H3/t13-/m0/s1. The average molecular weight is 350 g/mol. The van der Waals surface area contributed by atoms with Crippen molar-refractivity contribution in [2.75, 3.05) is 20.8 Å². The van der Waals surface area contributed by atoms with Crippen molar-refractivity contribution < 1.29 is 28.8 Å². The van der Waals surface area contributed by atoms with Gasteiger partial charge in [0.25, 0.3) is 11.6 Å². The Hall–Kier alpha value is -2.97. The van der Waals surface area contributed by atoms with E-state index in [0.29, 0.717) is 19.4 Å². The number of likely N-dealkylation sites (tertiary alicyclic amines) is 1. The summed E-state index contributed by atoms with van der Waals surface area (Å²) in [5, 5.41) is 11.1. The first-order chi connectivity index (χ1) is 11.9. The monoisotopic (exact) mass is 350 g/mol. The summed E-state index contributed by atoms with van der Waals surface area (Å²) in [6.07, 6.45) is 1.93. The highest BCUT2D eigenvalue weighted by Crippen LogP contribution is 2.24. The molecule has 134 valence electrons. The van der Waals surface area contributed by atoms with Crippen molar-refractivity contribution in [2.24, 2.45) is 0 Å². The van der Waals surface area contributed by atoms with Gasteiger partial charge in [-0.3, -0.25) is 14.9 Å². The molecular formula is C16H18N2O7. The van der Waals surface area contributed by atoms with Crippen LogP contribution in [-0.2, 0) is 14.3 Å². The summed E-state index contributed by atoms with van der Waals surface area (Å²) < 4.78 is 9.30. The van der Waals surface area contributed by atoms with Crippen LogP contribution in [0.2, 0.25) is 0 Å². The summed E-state index contributed by atoms with van der Waals surface area (Å²) in [5.41, 5.74) is -0.560. The third kappa shape index (κ3) is 3.93. The molecule has 1 aliphatic rings. The van der Waals surface area contributed by atoms with Crippen LogP contribution in [0.3, 0.4) is 0 Å². The zero-order valence-electron chi connectivity index (χ0n) is 13.9. The molecule has 1 amide bonds. The fourth-order valence-corrected chi connectivity index (χ4v) is 2.80. The maximum Gasteiger partial charge on any atom is 0.338 e. The number of hydrogen-bond donors (Lipinski definition) is 0. The van der Waals surface area contributed by atoms with Crippen LogP contribution < -0.4 is 0 Å². The van der Waals surface area contributed by atoms with Crippen LogP contribution in [0.4, 0.5) is 5.69 Å². The van der Waals surface area contributed by atoms with Gasteiger partial charge in [0.15, 0.2) is 0 Å². The fourth-order valence-electron chi connectivity index (χ4n) is 2.80. The second-order valence-electron chi connectivity index (χ2n) is 5.55. The molecule has 0 spiro atoms. The molecule has 0 aliphatic carbocycles. The number of rotatable bonds is 4. The molecule has 0 saturated carbocycles. The van der Waals surface area contributed by atoms with Gasteiger partial charge in [0.05, 0.1) is 24.7 Å². The molecule has 0 unspecified atom stereocenters. The van der Waals surface area contributed by atoms with E-state index in [2.05, 4.69) is 4.74 Å². The molecule has 1 atom stereocenters. The van der Waals surface area contributed by atoms with Gasteiger partial charge in [-0.05, 0) is 25.3 Å². The van der Waals surface area contributed by atoms with E-state index in [-0.39, 0.29) is 11.1 Å². The number of nitrogens with zero attached hydrogens (tertiary/aromatic N) is 2. The Kier molecular flexibility index (Phi) is 5.68. The topological polar surface area (TPSA) is 116 Å². The molecule has 9 nitrogen and oxygen atoms in total. The lowest BCUT2D eigenvalue weighted by atomic mass is 10.00. The van der Waals surface area contributed by atoms with E-state index in [1.807, 2.05) is 0 Å². The second-order valence-corrected chi connectivity index (χ2v) is 5.55. The summed E-state index contributed by atoms with van der Waals surface area (Å²) in [5.74, 6) is -1.89. The molecule has 1 aromatic carbocycles. The van der Waals surface area contributed by atoms with Crippen molar-refractivity contribution in [3.63, 3.8) is 0 Å². The lowest BCUT2D eigenvalue weighted by Crippen LogP contribution is -2.48. The molecule has 2 rings (SSSR count). The molecule has 25 heavy (non-hydrogen) atoms. The predicted octanol–water partition coefficient (Wildman–Crippen LogP) is 1.55. The number of hydrogen-bond acceptors (Lipinski definition) is 7. The van der Waals surface area contributed by atoms with Gasteiger partial charge in [0, 0.05) is 24.2 Å². The molecule has 9 heteroatoms. The third-order valence-corrected chi connectivity index (χ3v) is 4.03. The quantitative estimate of drug-likeness (QED) is 0.459. The van der Waals surface area contributed by atoms with E-state index in [1.54, 1.807) is 0 Å². The summed E-state index contributed by atoms with van der Waals surface area (Å²) >= 11 is 0. The number of nitro groups is 1. The number of carbonyl (C=O) groups is 3. The van der Waals surface area contributed by atoms with Crippen molar-refractivity contribution in [2.45, 2.75) is 25.3 Å². The number of benzene rings is 1. The van der Waals surface area contributed by atoms with Gasteiger partial charge in [-0.2, -0.15) is 0 Å². The van der Waals surface area contributed by atoms with Crippen LogP contribution >= 0.6 is 0 Å².